The molecule has 36 heavy (non-hydrogen) atoms. The largest absolute Gasteiger partial charge is 0.459 e. The maximum atomic E-state index is 15.8. The number of esters is 2. The van der Waals surface area contributed by atoms with Crippen molar-refractivity contribution in [3.05, 3.63) is 83.4 Å². The molecule has 0 radical (unpaired) electrons. The molecule has 0 amide bonds. The SMILES string of the molecule is Nc1nc(Cl)nc2c1ncn2[C@@H]1O[C@H](COC(=O)c2ccccc2)[C@@H](OC(=O)c2ccccc2)C1F. The maximum absolute atomic E-state index is 15.8. The highest BCUT2D eigenvalue weighted by molar-refractivity contribution is 6.28. The van der Waals surface area contributed by atoms with Crippen LogP contribution in [0.5, 0.6) is 0 Å². The zero-order chi connectivity index (χ0) is 25.2. The predicted molar refractivity (Wildman–Crippen MR) is 126 cm³/mol. The number of nitrogens with two attached hydrogens (primary N) is 1. The summed E-state index contributed by atoms with van der Waals surface area (Å²) < 4.78 is 33.9. The molecule has 12 heteroatoms. The van der Waals surface area contributed by atoms with Crippen LogP contribution >= 0.6 is 11.6 Å². The number of benzene rings is 2. The number of aromatic nitrogens is 4. The lowest BCUT2D eigenvalue weighted by Crippen LogP contribution is -2.37. The number of rotatable bonds is 6. The van der Waals surface area contributed by atoms with Crippen LogP contribution in [0.1, 0.15) is 26.9 Å². The molecule has 1 aliphatic heterocycles. The third kappa shape index (κ3) is 4.58. The van der Waals surface area contributed by atoms with E-state index in [1.807, 2.05) is 0 Å². The highest BCUT2D eigenvalue weighted by Crippen LogP contribution is 2.36. The summed E-state index contributed by atoms with van der Waals surface area (Å²) in [4.78, 5) is 37.2. The number of nitrogens with zero attached hydrogens (tertiary/aromatic N) is 4. The van der Waals surface area contributed by atoms with Gasteiger partial charge >= 0.3 is 11.9 Å². The molecule has 4 atom stereocenters. The molecule has 1 saturated heterocycles. The van der Waals surface area contributed by atoms with Crippen LogP contribution in [0.3, 0.4) is 0 Å². The van der Waals surface area contributed by atoms with E-state index in [1.54, 1.807) is 60.7 Å². The van der Waals surface area contributed by atoms with E-state index in [1.165, 1.54) is 10.9 Å². The van der Waals surface area contributed by atoms with Gasteiger partial charge in [0, 0.05) is 0 Å². The standard InChI is InChI=1S/C24H19ClFN5O5/c25-24-29-19(27)17-20(30-24)31(12-28-17)21-16(26)18(36-23(33)14-9-5-2-6-10-14)15(35-21)11-34-22(32)13-7-3-1-4-8-13/h1-10,12,15-16,18,21H,11H2,(H2,27,29,30)/t15-,16?,18-,21-/m1/s1. The summed E-state index contributed by atoms with van der Waals surface area (Å²) in [6.07, 6.45) is -4.45. The van der Waals surface area contributed by atoms with Gasteiger partial charge in [-0.1, -0.05) is 36.4 Å². The Balaban J connectivity index is 1.42. The normalized spacial score (nSPS) is 21.4. The summed E-state index contributed by atoms with van der Waals surface area (Å²) >= 11 is 5.93. The summed E-state index contributed by atoms with van der Waals surface area (Å²) in [5.74, 6) is -1.37. The van der Waals surface area contributed by atoms with Crippen molar-refractivity contribution in [1.82, 2.24) is 19.5 Å². The number of hydrogen-bond donors (Lipinski definition) is 1. The van der Waals surface area contributed by atoms with E-state index in [2.05, 4.69) is 15.0 Å². The number of fused-ring (bicyclic) bond motifs is 1. The van der Waals surface area contributed by atoms with Gasteiger partial charge in [0.15, 0.2) is 30.0 Å². The van der Waals surface area contributed by atoms with Crippen LogP contribution in [0.2, 0.25) is 5.28 Å². The zero-order valence-corrected chi connectivity index (χ0v) is 19.3. The first kappa shape index (κ1) is 23.6. The van der Waals surface area contributed by atoms with Crippen LogP contribution in [0.15, 0.2) is 67.0 Å². The van der Waals surface area contributed by atoms with Crippen molar-refractivity contribution in [3.8, 4) is 0 Å². The smallest absolute Gasteiger partial charge is 0.338 e. The number of imidazole rings is 1. The van der Waals surface area contributed by atoms with Crippen molar-refractivity contribution >= 4 is 40.5 Å². The molecule has 0 spiro atoms. The van der Waals surface area contributed by atoms with Crippen LogP contribution in [0.25, 0.3) is 11.2 Å². The molecule has 0 aliphatic carbocycles. The Bertz CT molecular complexity index is 1400. The van der Waals surface area contributed by atoms with Crippen LogP contribution in [0, 0.1) is 0 Å². The third-order valence-electron chi connectivity index (χ3n) is 5.60. The number of alkyl halides is 1. The Hall–Kier alpha value is -4.09. The van der Waals surface area contributed by atoms with Gasteiger partial charge in [0.25, 0.3) is 0 Å². The molecule has 0 saturated carbocycles. The van der Waals surface area contributed by atoms with E-state index in [0.29, 0.717) is 5.56 Å². The summed E-state index contributed by atoms with van der Waals surface area (Å²) in [5, 5.41) is -0.157. The van der Waals surface area contributed by atoms with Crippen molar-refractivity contribution < 1.29 is 28.2 Å². The first-order valence-corrected chi connectivity index (χ1v) is 11.2. The number of halogens is 2. The monoisotopic (exact) mass is 511 g/mol. The van der Waals surface area contributed by atoms with Gasteiger partial charge in [0.05, 0.1) is 17.5 Å². The predicted octanol–water partition coefficient (Wildman–Crippen LogP) is 3.38. The number of carbonyl (C=O) groups is 2. The van der Waals surface area contributed by atoms with Gasteiger partial charge in [-0.3, -0.25) is 4.57 Å². The Kier molecular flexibility index (Phi) is 6.49. The fraction of sp³-hybridized carbons (Fsp3) is 0.208. The molecule has 184 valence electrons. The van der Waals surface area contributed by atoms with Crippen LogP contribution in [-0.2, 0) is 14.2 Å². The minimum Gasteiger partial charge on any atom is -0.459 e. The third-order valence-corrected chi connectivity index (χ3v) is 5.77. The second-order valence-electron chi connectivity index (χ2n) is 7.91. The lowest BCUT2D eigenvalue weighted by Gasteiger charge is -2.19. The van der Waals surface area contributed by atoms with Gasteiger partial charge in [-0.2, -0.15) is 9.97 Å². The van der Waals surface area contributed by atoms with E-state index in [0.717, 1.165) is 0 Å². The second kappa shape index (κ2) is 9.88. The van der Waals surface area contributed by atoms with Crippen molar-refractivity contribution in [1.29, 1.82) is 0 Å². The van der Waals surface area contributed by atoms with Crippen LogP contribution in [-0.4, -0.2) is 56.4 Å². The molecule has 5 rings (SSSR count). The quantitative estimate of drug-likeness (QED) is 0.305. The van der Waals surface area contributed by atoms with Gasteiger partial charge < -0.3 is 19.9 Å². The molecule has 10 nitrogen and oxygen atoms in total. The highest BCUT2D eigenvalue weighted by atomic mass is 35.5. The second-order valence-corrected chi connectivity index (χ2v) is 8.25. The first-order chi connectivity index (χ1) is 17.4. The Morgan fingerprint density at radius 1 is 1.03 bits per heavy atom. The summed E-state index contributed by atoms with van der Waals surface area (Å²) in [5.41, 5.74) is 6.73. The van der Waals surface area contributed by atoms with Crippen molar-refractivity contribution in [2.45, 2.75) is 24.6 Å². The molecule has 2 N–H and O–H groups in total. The molecule has 2 aromatic carbocycles. The molecule has 4 aromatic rings. The molecular weight excluding hydrogens is 493 g/mol. The minimum atomic E-state index is -1.87. The van der Waals surface area contributed by atoms with Crippen molar-refractivity contribution in [2.24, 2.45) is 0 Å². The van der Waals surface area contributed by atoms with Gasteiger partial charge in [-0.05, 0) is 35.9 Å². The van der Waals surface area contributed by atoms with E-state index in [4.69, 9.17) is 31.5 Å². The lowest BCUT2D eigenvalue weighted by atomic mass is 10.1. The minimum absolute atomic E-state index is 0.0116. The lowest BCUT2D eigenvalue weighted by molar-refractivity contribution is -0.0570. The van der Waals surface area contributed by atoms with Crippen molar-refractivity contribution in [2.75, 3.05) is 12.3 Å². The Morgan fingerprint density at radius 2 is 1.67 bits per heavy atom. The molecule has 1 fully saturated rings. The molecule has 0 bridgehead atoms. The number of ether oxygens (including phenoxy) is 3. The maximum Gasteiger partial charge on any atom is 0.338 e. The van der Waals surface area contributed by atoms with Gasteiger partial charge in [-0.25, -0.2) is 19.0 Å². The first-order valence-electron chi connectivity index (χ1n) is 10.9. The average molecular weight is 512 g/mol. The van der Waals surface area contributed by atoms with Crippen LogP contribution in [0.4, 0.5) is 10.2 Å². The van der Waals surface area contributed by atoms with E-state index < -0.39 is 36.5 Å². The number of carbonyl (C=O) groups excluding carboxylic acids is 2. The van der Waals surface area contributed by atoms with E-state index in [-0.39, 0.29) is 34.4 Å². The molecule has 3 heterocycles. The number of nitrogen functional groups attached to an aromatic ring is 1. The number of anilines is 1. The topological polar surface area (TPSA) is 131 Å². The summed E-state index contributed by atoms with van der Waals surface area (Å²) in [6, 6.07) is 16.4. The molecule has 2 aromatic heterocycles. The number of hydrogen-bond acceptors (Lipinski definition) is 9. The molecular formula is C24H19ClFN5O5. The van der Waals surface area contributed by atoms with Gasteiger partial charge in [0.2, 0.25) is 5.28 Å². The van der Waals surface area contributed by atoms with E-state index >= 15 is 4.39 Å². The molecule has 1 unspecified atom stereocenters. The molecule has 1 aliphatic rings. The highest BCUT2D eigenvalue weighted by Gasteiger charge is 2.50. The zero-order valence-electron chi connectivity index (χ0n) is 18.5. The van der Waals surface area contributed by atoms with E-state index in [9.17, 15) is 9.59 Å². The van der Waals surface area contributed by atoms with Crippen LogP contribution < -0.4 is 5.73 Å². The van der Waals surface area contributed by atoms with Gasteiger partial charge in [-0.15, -0.1) is 0 Å². The summed E-state index contributed by atoms with van der Waals surface area (Å²) in [6.45, 7) is -0.373. The van der Waals surface area contributed by atoms with Gasteiger partial charge in [0.1, 0.15) is 18.2 Å². The Labute approximate surface area is 208 Å². The summed E-state index contributed by atoms with van der Waals surface area (Å²) in [7, 11) is 0. The fourth-order valence-electron chi connectivity index (χ4n) is 3.87. The average Bonchev–Trinajstić information content (AvgIpc) is 3.44. The fourth-order valence-corrected chi connectivity index (χ4v) is 4.04. The Morgan fingerprint density at radius 3 is 2.33 bits per heavy atom. The van der Waals surface area contributed by atoms with Crippen molar-refractivity contribution in [3.63, 3.8) is 0 Å².